The number of nitrogens with zero attached hydrogens (tertiary/aromatic N) is 5. The molecule has 0 amide bonds. The molecule has 2 fully saturated rings. The Morgan fingerprint density at radius 2 is 1.77 bits per heavy atom. The van der Waals surface area contributed by atoms with Gasteiger partial charge in [-0.1, -0.05) is 41.4 Å². The molecule has 2 heterocycles. The number of nitro benzene ring substituents is 1. The fourth-order valence-electron chi connectivity index (χ4n) is 5.78. The second kappa shape index (κ2) is 17.8. The number of nitrogens with one attached hydrogen (secondary N) is 1. The lowest BCUT2D eigenvalue weighted by atomic mass is 10.0. The maximum Gasteiger partial charge on any atom is 0.311 e. The van der Waals surface area contributed by atoms with Gasteiger partial charge in [0.25, 0.3) is 0 Å². The molecule has 2 aliphatic heterocycles. The minimum Gasteiger partial charge on any atom is -0.487 e. The smallest absolute Gasteiger partial charge is 0.311 e. The number of hydrogen-bond acceptors (Lipinski definition) is 7. The minimum atomic E-state index is -0.422. The van der Waals surface area contributed by atoms with E-state index in [0.29, 0.717) is 75.6 Å². The number of ether oxygens (including phenoxy) is 2. The van der Waals surface area contributed by atoms with E-state index in [2.05, 4.69) is 20.0 Å². The largest absolute Gasteiger partial charge is 0.487 e. The Labute approximate surface area is 295 Å². The number of aliphatic imine (C=N–C) groups is 1. The zero-order valence-corrected chi connectivity index (χ0v) is 29.5. The predicted octanol–water partition coefficient (Wildman–Crippen LogP) is 6.40. The highest BCUT2D eigenvalue weighted by Crippen LogP contribution is 2.32. The summed E-state index contributed by atoms with van der Waals surface area (Å²) in [6.45, 7) is 8.83. The number of guanidine groups is 1. The Balaban J connectivity index is 0.00000500. The zero-order valence-electron chi connectivity index (χ0n) is 26.2. The molecular formula is C33H40BrCl2FN6O4. The van der Waals surface area contributed by atoms with Gasteiger partial charge in [-0.15, -0.1) is 17.0 Å². The van der Waals surface area contributed by atoms with Crippen molar-refractivity contribution in [3.63, 3.8) is 0 Å². The summed E-state index contributed by atoms with van der Waals surface area (Å²) >= 11 is 12.5. The lowest BCUT2D eigenvalue weighted by Crippen LogP contribution is -2.53. The van der Waals surface area contributed by atoms with E-state index in [1.165, 1.54) is 18.2 Å². The first-order valence-electron chi connectivity index (χ1n) is 15.5. The predicted molar refractivity (Wildman–Crippen MR) is 190 cm³/mol. The molecule has 5 rings (SSSR count). The van der Waals surface area contributed by atoms with Gasteiger partial charge in [0, 0.05) is 73.7 Å². The van der Waals surface area contributed by atoms with Crippen molar-refractivity contribution in [1.29, 1.82) is 0 Å². The Morgan fingerprint density at radius 3 is 2.43 bits per heavy atom. The molecule has 254 valence electrons. The summed E-state index contributed by atoms with van der Waals surface area (Å²) in [5.41, 5.74) is 2.83. The molecule has 2 saturated heterocycles. The third-order valence-corrected chi connectivity index (χ3v) is 8.82. The van der Waals surface area contributed by atoms with E-state index in [1.54, 1.807) is 18.2 Å². The summed E-state index contributed by atoms with van der Waals surface area (Å²) < 4.78 is 25.0. The van der Waals surface area contributed by atoms with E-state index in [9.17, 15) is 14.5 Å². The average molecular weight is 755 g/mol. The van der Waals surface area contributed by atoms with E-state index >= 15 is 0 Å². The molecule has 1 N–H and O–H groups in total. The van der Waals surface area contributed by atoms with E-state index in [0.717, 1.165) is 35.9 Å². The molecule has 1 unspecified atom stereocenters. The van der Waals surface area contributed by atoms with Crippen LogP contribution in [-0.4, -0.2) is 92.9 Å². The van der Waals surface area contributed by atoms with E-state index in [1.807, 2.05) is 31.2 Å². The first-order valence-corrected chi connectivity index (χ1v) is 16.3. The second-order valence-electron chi connectivity index (χ2n) is 11.1. The molecule has 0 aromatic heterocycles. The Morgan fingerprint density at radius 1 is 1.04 bits per heavy atom. The molecule has 14 heteroatoms. The first kappa shape index (κ1) is 36.7. The number of anilines is 1. The Hall–Kier alpha value is -3.16. The summed E-state index contributed by atoms with van der Waals surface area (Å²) in [6.07, 6.45) is 0.683. The van der Waals surface area contributed by atoms with Crippen LogP contribution in [0.2, 0.25) is 10.0 Å². The van der Waals surface area contributed by atoms with Gasteiger partial charge in [-0.05, 0) is 54.8 Å². The van der Waals surface area contributed by atoms with E-state index in [-0.39, 0.29) is 40.3 Å². The first-order chi connectivity index (χ1) is 22.3. The number of hydrogen-bond donors (Lipinski definition) is 1. The molecule has 2 aliphatic rings. The maximum atomic E-state index is 13.8. The minimum absolute atomic E-state index is 0. The molecule has 3 aromatic carbocycles. The molecule has 1 atom stereocenters. The average Bonchev–Trinajstić information content (AvgIpc) is 3.06. The lowest BCUT2D eigenvalue weighted by Gasteiger charge is -2.38. The zero-order chi connectivity index (χ0) is 32.5. The van der Waals surface area contributed by atoms with Crippen LogP contribution in [0.1, 0.15) is 24.1 Å². The summed E-state index contributed by atoms with van der Waals surface area (Å²) in [5.74, 6) is 0.784. The van der Waals surface area contributed by atoms with Crippen molar-refractivity contribution in [3.05, 3.63) is 97.8 Å². The monoisotopic (exact) mass is 752 g/mol. The molecular weight excluding hydrogens is 714 g/mol. The van der Waals surface area contributed by atoms with E-state index < -0.39 is 4.92 Å². The van der Waals surface area contributed by atoms with E-state index in [4.69, 9.17) is 37.7 Å². The van der Waals surface area contributed by atoms with Gasteiger partial charge in [0.15, 0.2) is 11.7 Å². The summed E-state index contributed by atoms with van der Waals surface area (Å²) in [4.78, 5) is 23.0. The molecule has 0 aliphatic carbocycles. The van der Waals surface area contributed by atoms with Crippen LogP contribution in [0.15, 0.2) is 65.7 Å². The summed E-state index contributed by atoms with van der Waals surface area (Å²) in [7, 11) is 0. The highest BCUT2D eigenvalue weighted by molar-refractivity contribution is 8.93. The highest BCUT2D eigenvalue weighted by atomic mass is 79.9. The number of benzene rings is 3. The molecule has 0 radical (unpaired) electrons. The summed E-state index contributed by atoms with van der Waals surface area (Å²) in [6, 6.07) is 17.2. The fourth-order valence-corrected chi connectivity index (χ4v) is 6.28. The molecule has 0 spiro atoms. The van der Waals surface area contributed by atoms with Crippen LogP contribution >= 0.6 is 40.2 Å². The van der Waals surface area contributed by atoms with Gasteiger partial charge in [0.05, 0.1) is 37.3 Å². The quantitative estimate of drug-likeness (QED) is 0.104. The Kier molecular flexibility index (Phi) is 13.9. The molecule has 10 nitrogen and oxygen atoms in total. The number of rotatable bonds is 11. The van der Waals surface area contributed by atoms with Gasteiger partial charge in [0.2, 0.25) is 0 Å². The fraction of sp³-hybridized carbons (Fsp3) is 0.424. The number of halogens is 4. The van der Waals surface area contributed by atoms with Gasteiger partial charge in [-0.2, -0.15) is 0 Å². The number of morpholine rings is 1. The maximum absolute atomic E-state index is 13.8. The van der Waals surface area contributed by atoms with Gasteiger partial charge < -0.3 is 24.6 Å². The molecule has 3 aromatic rings. The molecule has 0 saturated carbocycles. The topological polar surface area (TPSA) is 95.7 Å². The molecule has 0 bridgehead atoms. The number of nitro groups is 1. The Bertz CT molecular complexity index is 1500. The van der Waals surface area contributed by atoms with Crippen molar-refractivity contribution in [1.82, 2.24) is 15.1 Å². The SMILES string of the molecule is Br.CCOc1cc(N2CCN(C(=NCC(c3ccc(F)cc3)N3CCOCC3)NCCc3ccc(Cl)cc3Cl)CC2)ccc1[N+](=O)[O-]. The normalized spacial score (nSPS) is 16.4. The summed E-state index contributed by atoms with van der Waals surface area (Å²) in [5, 5.41) is 16.3. The van der Waals surface area contributed by atoms with Gasteiger partial charge in [-0.25, -0.2) is 4.39 Å². The van der Waals surface area contributed by atoms with Gasteiger partial charge >= 0.3 is 5.69 Å². The number of piperazine rings is 1. The third-order valence-electron chi connectivity index (χ3n) is 8.23. The standard InChI is InChI=1S/C33H39Cl2FN6O4.BrH/c1-2-46-32-22-28(9-10-30(32)42(43)44)39-13-15-41(16-14-39)33(37-12-11-24-3-6-26(34)21-29(24)35)38-23-31(40-17-19-45-20-18-40)25-4-7-27(36)8-5-25;/h3-10,21-22,31H,2,11-20,23H2,1H3,(H,37,38);1H. The van der Waals surface area contributed by atoms with Crippen LogP contribution in [0.3, 0.4) is 0 Å². The van der Waals surface area contributed by atoms with Crippen LogP contribution in [0, 0.1) is 15.9 Å². The van der Waals surface area contributed by atoms with Crippen LogP contribution in [0.25, 0.3) is 0 Å². The van der Waals surface area contributed by atoms with Crippen molar-refractivity contribution in [2.45, 2.75) is 19.4 Å². The lowest BCUT2D eigenvalue weighted by molar-refractivity contribution is -0.385. The van der Waals surface area contributed by atoms with Crippen molar-refractivity contribution in [2.75, 3.05) is 77.1 Å². The highest BCUT2D eigenvalue weighted by Gasteiger charge is 2.26. The van der Waals surface area contributed by atoms with Crippen molar-refractivity contribution < 1.29 is 18.8 Å². The van der Waals surface area contributed by atoms with Crippen molar-refractivity contribution >= 4 is 57.5 Å². The second-order valence-corrected chi connectivity index (χ2v) is 12.0. The van der Waals surface area contributed by atoms with Gasteiger partial charge in [0.1, 0.15) is 5.82 Å². The van der Waals surface area contributed by atoms with Crippen LogP contribution in [-0.2, 0) is 11.2 Å². The van der Waals surface area contributed by atoms with Crippen LogP contribution in [0.5, 0.6) is 5.75 Å². The van der Waals surface area contributed by atoms with Crippen molar-refractivity contribution in [2.24, 2.45) is 4.99 Å². The van der Waals surface area contributed by atoms with Gasteiger partial charge in [-0.3, -0.25) is 20.0 Å². The van der Waals surface area contributed by atoms with Crippen LogP contribution in [0.4, 0.5) is 15.8 Å². The molecule has 47 heavy (non-hydrogen) atoms. The third kappa shape index (κ3) is 9.93. The van der Waals surface area contributed by atoms with Crippen LogP contribution < -0.4 is 15.0 Å². The van der Waals surface area contributed by atoms with Crippen molar-refractivity contribution in [3.8, 4) is 5.75 Å².